The number of primary amides is 1. The average Bonchev–Trinajstić information content (AvgIpc) is 2.42. The molecule has 0 aliphatic rings. The summed E-state index contributed by atoms with van der Waals surface area (Å²) in [7, 11) is 0. The molecule has 0 aromatic carbocycles. The van der Waals surface area contributed by atoms with Gasteiger partial charge in [-0.05, 0) is 13.8 Å². The number of nitrogens with one attached hydrogen (secondary N) is 1. The minimum atomic E-state index is -0.897. The number of nitrogens with two attached hydrogens (primary N) is 1. The molecule has 0 aliphatic heterocycles. The summed E-state index contributed by atoms with van der Waals surface area (Å²) >= 11 is 0. The van der Waals surface area contributed by atoms with Gasteiger partial charge in [0.2, 0.25) is 5.91 Å². The summed E-state index contributed by atoms with van der Waals surface area (Å²) in [6, 6.07) is 0. The molecule has 0 atom stereocenters. The number of rotatable bonds is 6. The molecule has 114 valence electrons. The third-order valence-electron chi connectivity index (χ3n) is 2.73. The summed E-state index contributed by atoms with van der Waals surface area (Å²) in [6.45, 7) is 4.54. The van der Waals surface area contributed by atoms with Crippen LogP contribution in [0.1, 0.15) is 36.8 Å². The van der Waals surface area contributed by atoms with Crippen LogP contribution >= 0.6 is 0 Å². The maximum atomic E-state index is 12.1. The Bertz CT molecular complexity index is 557. The fourth-order valence-electron chi connectivity index (χ4n) is 1.45. The van der Waals surface area contributed by atoms with E-state index < -0.39 is 17.3 Å². The lowest BCUT2D eigenvalue weighted by Gasteiger charge is -2.22. The van der Waals surface area contributed by atoms with Crippen molar-refractivity contribution in [2.75, 3.05) is 6.61 Å². The van der Waals surface area contributed by atoms with Crippen molar-refractivity contribution in [3.05, 3.63) is 23.8 Å². The first-order chi connectivity index (χ1) is 9.74. The van der Waals surface area contributed by atoms with Crippen LogP contribution in [0.3, 0.4) is 0 Å². The lowest BCUT2D eigenvalue weighted by atomic mass is 9.93. The normalized spacial score (nSPS) is 10.8. The number of amides is 2. The first kappa shape index (κ1) is 16.5. The van der Waals surface area contributed by atoms with Crippen LogP contribution in [0.2, 0.25) is 0 Å². The zero-order valence-corrected chi connectivity index (χ0v) is 12.2. The molecule has 0 fully saturated rings. The number of carbonyl (C=O) groups excluding carboxylic acids is 3. The summed E-state index contributed by atoms with van der Waals surface area (Å²) in [4.78, 5) is 41.7. The maximum Gasteiger partial charge on any atom is 0.302 e. The van der Waals surface area contributed by atoms with E-state index in [1.54, 1.807) is 13.8 Å². The summed E-state index contributed by atoms with van der Waals surface area (Å²) < 4.78 is 4.84. The molecule has 0 spiro atoms. The third-order valence-corrected chi connectivity index (χ3v) is 2.73. The molecule has 0 bridgehead atoms. The molecule has 0 saturated carbocycles. The molecule has 8 heteroatoms. The SMILES string of the molecule is CC(=O)OCC(C)(C)C(=O)NCc1ncncc1C(N)=O. The van der Waals surface area contributed by atoms with Gasteiger partial charge in [0, 0.05) is 13.1 Å². The largest absolute Gasteiger partial charge is 0.465 e. The molecule has 1 heterocycles. The third kappa shape index (κ3) is 4.83. The molecule has 0 radical (unpaired) electrons. The Kier molecular flexibility index (Phi) is 5.34. The second-order valence-electron chi connectivity index (χ2n) is 5.09. The zero-order chi connectivity index (χ0) is 16.0. The van der Waals surface area contributed by atoms with Crippen molar-refractivity contribution >= 4 is 17.8 Å². The van der Waals surface area contributed by atoms with Gasteiger partial charge >= 0.3 is 5.97 Å². The number of carbonyl (C=O) groups is 3. The van der Waals surface area contributed by atoms with Crippen LogP contribution in [0.5, 0.6) is 0 Å². The predicted molar refractivity (Wildman–Crippen MR) is 72.8 cm³/mol. The van der Waals surface area contributed by atoms with E-state index in [9.17, 15) is 14.4 Å². The molecule has 0 saturated heterocycles. The van der Waals surface area contributed by atoms with E-state index in [-0.39, 0.29) is 24.6 Å². The van der Waals surface area contributed by atoms with Gasteiger partial charge in [0.25, 0.3) is 5.91 Å². The molecular formula is C13H18N4O4. The van der Waals surface area contributed by atoms with Crippen molar-refractivity contribution in [2.24, 2.45) is 11.1 Å². The van der Waals surface area contributed by atoms with Gasteiger partial charge in [-0.3, -0.25) is 14.4 Å². The monoisotopic (exact) mass is 294 g/mol. The van der Waals surface area contributed by atoms with E-state index in [2.05, 4.69) is 15.3 Å². The second-order valence-corrected chi connectivity index (χ2v) is 5.09. The molecule has 3 N–H and O–H groups in total. The van der Waals surface area contributed by atoms with Crippen molar-refractivity contribution < 1.29 is 19.1 Å². The van der Waals surface area contributed by atoms with Gasteiger partial charge in [-0.1, -0.05) is 0 Å². The molecule has 1 aromatic rings. The van der Waals surface area contributed by atoms with Crippen LogP contribution in [0, 0.1) is 5.41 Å². The smallest absolute Gasteiger partial charge is 0.302 e. The Morgan fingerprint density at radius 1 is 1.38 bits per heavy atom. The highest BCUT2D eigenvalue weighted by molar-refractivity contribution is 5.93. The van der Waals surface area contributed by atoms with Gasteiger partial charge in [-0.15, -0.1) is 0 Å². The van der Waals surface area contributed by atoms with Crippen molar-refractivity contribution in [1.82, 2.24) is 15.3 Å². The predicted octanol–water partition coefficient (Wildman–Crippen LogP) is -0.219. The zero-order valence-electron chi connectivity index (χ0n) is 12.2. The first-order valence-corrected chi connectivity index (χ1v) is 6.24. The molecule has 0 aliphatic carbocycles. The number of nitrogens with zero attached hydrogens (tertiary/aromatic N) is 2. The van der Waals surface area contributed by atoms with E-state index in [1.165, 1.54) is 19.4 Å². The molecule has 8 nitrogen and oxygen atoms in total. The van der Waals surface area contributed by atoms with Crippen LogP contribution in [0.25, 0.3) is 0 Å². The number of aromatic nitrogens is 2. The highest BCUT2D eigenvalue weighted by atomic mass is 16.5. The fraction of sp³-hybridized carbons (Fsp3) is 0.462. The molecule has 1 aromatic heterocycles. The maximum absolute atomic E-state index is 12.1. The summed E-state index contributed by atoms with van der Waals surface area (Å²) in [5.74, 6) is -1.46. The quantitative estimate of drug-likeness (QED) is 0.699. The van der Waals surface area contributed by atoms with Crippen molar-refractivity contribution in [3.63, 3.8) is 0 Å². The molecular weight excluding hydrogens is 276 g/mol. The molecule has 2 amide bonds. The Morgan fingerprint density at radius 3 is 2.62 bits per heavy atom. The number of esters is 1. The van der Waals surface area contributed by atoms with Crippen molar-refractivity contribution in [2.45, 2.75) is 27.3 Å². The molecule has 0 unspecified atom stereocenters. The average molecular weight is 294 g/mol. The van der Waals surface area contributed by atoms with Gasteiger partial charge in [-0.2, -0.15) is 0 Å². The Morgan fingerprint density at radius 2 is 2.05 bits per heavy atom. The van der Waals surface area contributed by atoms with Gasteiger partial charge < -0.3 is 15.8 Å². The van der Waals surface area contributed by atoms with Crippen LogP contribution in [0.4, 0.5) is 0 Å². The van der Waals surface area contributed by atoms with Gasteiger partial charge in [0.15, 0.2) is 0 Å². The van der Waals surface area contributed by atoms with E-state index >= 15 is 0 Å². The Labute approximate surface area is 122 Å². The minimum Gasteiger partial charge on any atom is -0.465 e. The molecule has 21 heavy (non-hydrogen) atoms. The number of hydrogen-bond donors (Lipinski definition) is 2. The molecule has 1 rings (SSSR count). The topological polar surface area (TPSA) is 124 Å². The Hall–Kier alpha value is -2.51. The van der Waals surface area contributed by atoms with E-state index in [0.717, 1.165) is 0 Å². The van der Waals surface area contributed by atoms with Gasteiger partial charge in [0.05, 0.1) is 23.2 Å². The summed E-state index contributed by atoms with van der Waals surface area (Å²) in [5, 5.41) is 2.63. The number of ether oxygens (including phenoxy) is 1. The summed E-state index contributed by atoms with van der Waals surface area (Å²) in [5.41, 5.74) is 4.78. The lowest BCUT2D eigenvalue weighted by molar-refractivity contribution is -0.147. The minimum absolute atomic E-state index is 0.0309. The lowest BCUT2D eigenvalue weighted by Crippen LogP contribution is -2.40. The Balaban J connectivity index is 2.68. The van der Waals surface area contributed by atoms with Crippen LogP contribution in [0.15, 0.2) is 12.5 Å². The van der Waals surface area contributed by atoms with E-state index in [1.807, 2.05) is 0 Å². The van der Waals surface area contributed by atoms with Crippen LogP contribution in [-0.4, -0.2) is 34.4 Å². The highest BCUT2D eigenvalue weighted by Crippen LogP contribution is 2.16. The second kappa shape index (κ2) is 6.78. The first-order valence-electron chi connectivity index (χ1n) is 6.24. The van der Waals surface area contributed by atoms with E-state index in [4.69, 9.17) is 10.5 Å². The fourth-order valence-corrected chi connectivity index (χ4v) is 1.45. The number of hydrogen-bond acceptors (Lipinski definition) is 6. The highest BCUT2D eigenvalue weighted by Gasteiger charge is 2.29. The van der Waals surface area contributed by atoms with E-state index in [0.29, 0.717) is 5.69 Å². The van der Waals surface area contributed by atoms with Crippen molar-refractivity contribution in [3.8, 4) is 0 Å². The summed E-state index contributed by atoms with van der Waals surface area (Å²) in [6.07, 6.45) is 2.55. The van der Waals surface area contributed by atoms with Crippen molar-refractivity contribution in [1.29, 1.82) is 0 Å². The van der Waals surface area contributed by atoms with Crippen LogP contribution in [-0.2, 0) is 20.9 Å². The van der Waals surface area contributed by atoms with Gasteiger partial charge in [-0.25, -0.2) is 9.97 Å². The van der Waals surface area contributed by atoms with Gasteiger partial charge in [0.1, 0.15) is 12.9 Å². The van der Waals surface area contributed by atoms with Crippen LogP contribution < -0.4 is 11.1 Å². The standard InChI is InChI=1S/C13H18N4O4/c1-8(18)21-6-13(2,3)12(20)16-5-10-9(11(14)19)4-15-7-17-10/h4,7H,5-6H2,1-3H3,(H2,14,19)(H,16,20).